The summed E-state index contributed by atoms with van der Waals surface area (Å²) < 4.78 is 0. The third-order valence-corrected chi connectivity index (χ3v) is 29.1. The number of fused-ring (bicyclic) bond motifs is 39. The SMILES string of the molecule is Cc1c2c(nc3c1ccc1ccccc13)-c1ccc3ccccc3c1C2.Cc1c2c(nc3c1ccc1cccnc13)-c1c(ccc3ccccc13)C2.Cc1c2c(nc3c1ccc1cccnc13)-c1ccc3ccccc3c1C2.Cc1c2c(nc3ccccc13)-c1cc3c(ccc4ccccc43)cc1C2.Cc1nc2c(c3ccccc13)Cc1cc3ccc4ccccc4c3cc1-2. The zero-order valence-electron chi connectivity index (χ0n) is 72.7. The van der Waals surface area contributed by atoms with Crippen LogP contribution < -0.4 is 0 Å². The van der Waals surface area contributed by atoms with Crippen LogP contribution in [-0.2, 0) is 32.1 Å². The molecule has 0 saturated carbocycles. The number of pyridine rings is 7. The smallest absolute Gasteiger partial charge is 0.0974 e. The lowest BCUT2D eigenvalue weighted by Crippen LogP contribution is -1.94. The van der Waals surface area contributed by atoms with Crippen molar-refractivity contribution in [2.75, 3.05) is 0 Å². The molecular formula is C123H83N7. The monoisotopic (exact) mass is 1660 g/mol. The second kappa shape index (κ2) is 29.5. The van der Waals surface area contributed by atoms with Gasteiger partial charge in [-0.05, 0) is 229 Å². The van der Waals surface area contributed by atoms with E-state index in [-0.39, 0.29) is 0 Å². The van der Waals surface area contributed by atoms with E-state index in [1.54, 1.807) is 0 Å². The van der Waals surface area contributed by atoms with Gasteiger partial charge in [0.05, 0.1) is 61.6 Å². The molecule has 0 bridgehead atoms. The predicted molar refractivity (Wildman–Crippen MR) is 544 cm³/mol. The van der Waals surface area contributed by atoms with Gasteiger partial charge in [-0.25, -0.2) is 19.9 Å². The molecule has 18 aromatic carbocycles. The van der Waals surface area contributed by atoms with Gasteiger partial charge in [0.2, 0.25) is 0 Å². The first-order valence-electron chi connectivity index (χ1n) is 45.4. The van der Waals surface area contributed by atoms with E-state index >= 15 is 0 Å². The number of aromatic nitrogens is 7. The Morgan fingerprint density at radius 3 is 1.10 bits per heavy atom. The van der Waals surface area contributed by atoms with Gasteiger partial charge in [-0.3, -0.25) is 15.0 Å². The Morgan fingerprint density at radius 2 is 0.538 bits per heavy atom. The maximum Gasteiger partial charge on any atom is 0.0974 e. The average molecular weight is 1660 g/mol. The molecule has 0 spiro atoms. The number of benzene rings is 18. The molecule has 5 aliphatic rings. The normalized spacial score (nSPS) is 12.7. The second-order valence-electron chi connectivity index (χ2n) is 36.0. The molecule has 5 aliphatic carbocycles. The highest BCUT2D eigenvalue weighted by Crippen LogP contribution is 2.50. The summed E-state index contributed by atoms with van der Waals surface area (Å²) in [6, 6.07) is 122. The lowest BCUT2D eigenvalue weighted by molar-refractivity contribution is 1.21. The van der Waals surface area contributed by atoms with Gasteiger partial charge in [0.25, 0.3) is 0 Å². The van der Waals surface area contributed by atoms with Gasteiger partial charge in [-0.15, -0.1) is 0 Å². The van der Waals surface area contributed by atoms with Gasteiger partial charge in [-0.1, -0.05) is 309 Å². The highest BCUT2D eigenvalue weighted by Gasteiger charge is 2.32. The lowest BCUT2D eigenvalue weighted by Gasteiger charge is -2.11. The summed E-state index contributed by atoms with van der Waals surface area (Å²) in [6.45, 7) is 11.1. The van der Waals surface area contributed by atoms with E-state index < -0.39 is 0 Å². The van der Waals surface area contributed by atoms with E-state index in [0.717, 1.165) is 93.1 Å². The van der Waals surface area contributed by atoms with Crippen LogP contribution >= 0.6 is 0 Å². The van der Waals surface area contributed by atoms with Crippen LogP contribution in [-0.4, -0.2) is 34.9 Å². The molecule has 0 aliphatic heterocycles. The minimum atomic E-state index is 0.959. The molecule has 610 valence electrons. The molecule has 0 fully saturated rings. The zero-order chi connectivity index (χ0) is 86.3. The van der Waals surface area contributed by atoms with Crippen molar-refractivity contribution in [1.29, 1.82) is 0 Å². The van der Waals surface area contributed by atoms with Crippen molar-refractivity contribution >= 4 is 162 Å². The molecule has 0 radical (unpaired) electrons. The van der Waals surface area contributed by atoms with Crippen LogP contribution in [0.2, 0.25) is 0 Å². The Morgan fingerprint density at radius 1 is 0.185 bits per heavy atom. The number of aryl methyl sites for hydroxylation is 5. The summed E-state index contributed by atoms with van der Waals surface area (Å²) in [5.74, 6) is 0. The maximum atomic E-state index is 5.19. The van der Waals surface area contributed by atoms with Crippen molar-refractivity contribution in [3.8, 4) is 56.3 Å². The molecule has 7 heterocycles. The number of para-hydroxylation sites is 1. The highest BCUT2D eigenvalue weighted by atomic mass is 14.8. The highest BCUT2D eigenvalue weighted by molar-refractivity contribution is 6.15. The molecular weight excluding hydrogens is 1580 g/mol. The second-order valence-corrected chi connectivity index (χ2v) is 36.0. The Bertz CT molecular complexity index is 9030. The van der Waals surface area contributed by atoms with Crippen molar-refractivity contribution in [2.45, 2.75) is 66.7 Å². The van der Waals surface area contributed by atoms with Crippen molar-refractivity contribution in [3.63, 3.8) is 0 Å². The summed E-state index contributed by atoms with van der Waals surface area (Å²) in [5, 5.41) is 30.8. The molecule has 0 amide bonds. The fourth-order valence-electron chi connectivity index (χ4n) is 22.5. The topological polar surface area (TPSA) is 90.2 Å². The molecule has 7 aromatic heterocycles. The van der Waals surface area contributed by atoms with Gasteiger partial charge < -0.3 is 0 Å². The van der Waals surface area contributed by atoms with E-state index in [9.17, 15) is 0 Å². The minimum absolute atomic E-state index is 0.959. The molecule has 0 N–H and O–H groups in total. The van der Waals surface area contributed by atoms with Crippen LogP contribution in [0.3, 0.4) is 0 Å². The molecule has 30 rings (SSSR count). The van der Waals surface area contributed by atoms with E-state index in [2.05, 4.69) is 372 Å². The van der Waals surface area contributed by atoms with Crippen LogP contribution in [0.15, 0.2) is 352 Å². The van der Waals surface area contributed by atoms with Crippen LogP contribution in [0.25, 0.3) is 219 Å². The predicted octanol–water partition coefficient (Wildman–Crippen LogP) is 30.9. The van der Waals surface area contributed by atoms with Crippen molar-refractivity contribution in [3.05, 3.63) is 436 Å². The Balaban J connectivity index is 0.0000000856. The van der Waals surface area contributed by atoms with Gasteiger partial charge >= 0.3 is 0 Å². The van der Waals surface area contributed by atoms with Crippen LogP contribution in [0.5, 0.6) is 0 Å². The number of nitrogens with zero attached hydrogens (tertiary/aromatic N) is 7. The molecule has 0 unspecified atom stereocenters. The molecule has 0 atom stereocenters. The fourth-order valence-corrected chi connectivity index (χ4v) is 22.5. The quantitative estimate of drug-likeness (QED) is 0.140. The largest absolute Gasteiger partial charge is 0.254 e. The van der Waals surface area contributed by atoms with Gasteiger partial charge in [0, 0.05) is 121 Å². The fraction of sp³-hybridized carbons (Fsp3) is 0.0813. The number of hydrogen-bond acceptors (Lipinski definition) is 7. The first-order chi connectivity index (χ1) is 64.0. The summed E-state index contributed by atoms with van der Waals surface area (Å²) in [5.41, 5.74) is 38.9. The Hall–Kier alpha value is -16.1. The van der Waals surface area contributed by atoms with Gasteiger partial charge in [-0.2, -0.15) is 0 Å². The van der Waals surface area contributed by atoms with Gasteiger partial charge in [0.15, 0.2) is 0 Å². The van der Waals surface area contributed by atoms with Crippen molar-refractivity contribution in [1.82, 2.24) is 34.9 Å². The van der Waals surface area contributed by atoms with Crippen LogP contribution in [0.4, 0.5) is 0 Å². The van der Waals surface area contributed by atoms with Crippen LogP contribution in [0, 0.1) is 34.6 Å². The van der Waals surface area contributed by atoms with Crippen molar-refractivity contribution < 1.29 is 0 Å². The van der Waals surface area contributed by atoms with E-state index in [1.165, 1.54) is 241 Å². The van der Waals surface area contributed by atoms with Gasteiger partial charge in [0.1, 0.15) is 0 Å². The molecule has 130 heavy (non-hydrogen) atoms. The zero-order valence-corrected chi connectivity index (χ0v) is 72.7. The van der Waals surface area contributed by atoms with E-state index in [0.29, 0.717) is 0 Å². The first kappa shape index (κ1) is 75.3. The Labute approximate surface area is 750 Å². The lowest BCUT2D eigenvalue weighted by atomic mass is 9.97. The number of hydrogen-bond donors (Lipinski definition) is 0. The summed E-state index contributed by atoms with van der Waals surface area (Å²) in [6.07, 6.45) is 8.57. The first-order valence-corrected chi connectivity index (χ1v) is 45.4. The third kappa shape index (κ3) is 11.8. The Kier molecular flexibility index (Phi) is 17.1. The molecule has 0 saturated heterocycles. The average Bonchev–Trinajstić information content (AvgIpc) is 1.55. The summed E-state index contributed by atoms with van der Waals surface area (Å²) in [7, 11) is 0. The minimum Gasteiger partial charge on any atom is -0.254 e. The molecule has 25 aromatic rings. The number of rotatable bonds is 0. The maximum absolute atomic E-state index is 5.19. The van der Waals surface area contributed by atoms with Crippen molar-refractivity contribution in [2.24, 2.45) is 0 Å². The summed E-state index contributed by atoms with van der Waals surface area (Å²) >= 11 is 0. The third-order valence-electron chi connectivity index (χ3n) is 29.1. The van der Waals surface area contributed by atoms with E-state index in [1.807, 2.05) is 24.5 Å². The van der Waals surface area contributed by atoms with Crippen LogP contribution in [0.1, 0.15) is 83.6 Å². The molecule has 7 nitrogen and oxygen atoms in total. The van der Waals surface area contributed by atoms with E-state index in [4.69, 9.17) is 24.9 Å². The standard InChI is InChI=1S/3C25H17N.2C24H16N2/c1-15-18-12-10-17-7-3-5-9-20(17)24(18)26-25-21-13-11-16-6-2-4-8-19(16)23(21)14-22(15)25;1-15-19-7-4-5-9-24(19)26-25-21(15)13-18-12-17-11-10-16-6-2-3-8-20(16)22(17)14-23(18)25;1-15-19-7-4-5-9-21(19)24-13-18-12-17-11-10-16-6-2-3-8-20(16)22(17)14-23(18)25(24)26-15;1-14-17-10-9-16-6-4-12-25-22(16)24(17)26-23-19-11-8-15-5-2-3-7-18(15)21(19)13-20(14)23;1-14-18-11-10-16-6-4-12-25-22(16)24(18)26-23-20(14)13-17-9-8-15-5-2-3-7-19(15)21(17)23/h2-13H,14H2,1H3;2*2-12,14H,13H2,1H3;2*2-12H,13H2,1H3. The molecule has 7 heteroatoms. The summed E-state index contributed by atoms with van der Waals surface area (Å²) in [4.78, 5) is 34.8.